The Morgan fingerprint density at radius 2 is 1.65 bits per heavy atom. The van der Waals surface area contributed by atoms with Crippen molar-refractivity contribution in [1.29, 1.82) is 0 Å². The van der Waals surface area contributed by atoms with Crippen LogP contribution in [0.25, 0.3) is 11.4 Å². The highest BCUT2D eigenvalue weighted by Gasteiger charge is 2.07. The van der Waals surface area contributed by atoms with Crippen molar-refractivity contribution in [3.8, 4) is 11.4 Å². The van der Waals surface area contributed by atoms with Gasteiger partial charge in [0, 0.05) is 38.0 Å². The van der Waals surface area contributed by atoms with Gasteiger partial charge in [-0.3, -0.25) is 0 Å². The summed E-state index contributed by atoms with van der Waals surface area (Å²) in [6, 6.07) is 8.44. The SMILES string of the molecule is Cc1cnc(-c2ccc(CN(C)C)cc2)nc1N(C)C. The Hall–Kier alpha value is -1.94. The van der Waals surface area contributed by atoms with Crippen molar-refractivity contribution in [2.45, 2.75) is 13.5 Å². The largest absolute Gasteiger partial charge is 0.362 e. The summed E-state index contributed by atoms with van der Waals surface area (Å²) >= 11 is 0. The lowest BCUT2D eigenvalue weighted by molar-refractivity contribution is 0.402. The fraction of sp³-hybridized carbons (Fsp3) is 0.375. The summed E-state index contributed by atoms with van der Waals surface area (Å²) < 4.78 is 0. The van der Waals surface area contributed by atoms with Crippen LogP contribution in [0.3, 0.4) is 0 Å². The monoisotopic (exact) mass is 270 g/mol. The van der Waals surface area contributed by atoms with Crippen LogP contribution in [0, 0.1) is 6.92 Å². The molecule has 0 bridgehead atoms. The number of aromatic nitrogens is 2. The number of aryl methyl sites for hydroxylation is 1. The molecule has 0 saturated heterocycles. The first kappa shape index (κ1) is 14.5. The predicted octanol–water partition coefficient (Wildman–Crippen LogP) is 2.58. The zero-order valence-electron chi connectivity index (χ0n) is 12.9. The van der Waals surface area contributed by atoms with Crippen LogP contribution in [0.15, 0.2) is 30.5 Å². The van der Waals surface area contributed by atoms with Gasteiger partial charge in [-0.2, -0.15) is 0 Å². The van der Waals surface area contributed by atoms with Gasteiger partial charge in [-0.1, -0.05) is 24.3 Å². The van der Waals surface area contributed by atoms with E-state index in [1.165, 1.54) is 5.56 Å². The summed E-state index contributed by atoms with van der Waals surface area (Å²) in [6.07, 6.45) is 1.88. The second-order valence-electron chi connectivity index (χ2n) is 5.53. The van der Waals surface area contributed by atoms with Crippen LogP contribution >= 0.6 is 0 Å². The van der Waals surface area contributed by atoms with E-state index in [-0.39, 0.29) is 0 Å². The molecule has 0 aliphatic rings. The van der Waals surface area contributed by atoms with Crippen LogP contribution in [0.5, 0.6) is 0 Å². The van der Waals surface area contributed by atoms with Crippen LogP contribution in [-0.2, 0) is 6.54 Å². The summed E-state index contributed by atoms with van der Waals surface area (Å²) in [5.41, 5.74) is 3.43. The average Bonchev–Trinajstić information content (AvgIpc) is 2.39. The number of hydrogen-bond donors (Lipinski definition) is 0. The summed E-state index contributed by atoms with van der Waals surface area (Å²) in [7, 11) is 8.14. The molecule has 0 aliphatic carbocycles. The fourth-order valence-electron chi connectivity index (χ4n) is 2.15. The maximum absolute atomic E-state index is 4.64. The van der Waals surface area contributed by atoms with Gasteiger partial charge in [-0.15, -0.1) is 0 Å². The van der Waals surface area contributed by atoms with Crippen molar-refractivity contribution < 1.29 is 0 Å². The van der Waals surface area contributed by atoms with Crippen LogP contribution in [-0.4, -0.2) is 43.1 Å². The first-order valence-electron chi connectivity index (χ1n) is 6.72. The van der Waals surface area contributed by atoms with E-state index in [2.05, 4.69) is 53.2 Å². The lowest BCUT2D eigenvalue weighted by Gasteiger charge is -2.15. The third-order valence-corrected chi connectivity index (χ3v) is 3.08. The van der Waals surface area contributed by atoms with Crippen molar-refractivity contribution in [1.82, 2.24) is 14.9 Å². The first-order chi connectivity index (χ1) is 9.47. The Morgan fingerprint density at radius 1 is 1.00 bits per heavy atom. The molecule has 0 atom stereocenters. The van der Waals surface area contributed by atoms with Gasteiger partial charge in [-0.25, -0.2) is 9.97 Å². The number of rotatable bonds is 4. The van der Waals surface area contributed by atoms with E-state index in [4.69, 9.17) is 0 Å². The molecule has 0 N–H and O–H groups in total. The Bertz CT molecular complexity index is 574. The Kier molecular flexibility index (Phi) is 4.35. The van der Waals surface area contributed by atoms with E-state index in [9.17, 15) is 0 Å². The minimum atomic E-state index is 0.774. The average molecular weight is 270 g/mol. The van der Waals surface area contributed by atoms with E-state index >= 15 is 0 Å². The van der Waals surface area contributed by atoms with Gasteiger partial charge in [0.2, 0.25) is 0 Å². The number of hydrogen-bond acceptors (Lipinski definition) is 4. The topological polar surface area (TPSA) is 32.3 Å². The standard InChI is InChI=1S/C16H22N4/c1-12-10-17-15(18-16(12)20(4)5)14-8-6-13(7-9-14)11-19(2)3/h6-10H,11H2,1-5H3. The molecule has 106 valence electrons. The molecule has 20 heavy (non-hydrogen) atoms. The number of nitrogens with zero attached hydrogens (tertiary/aromatic N) is 4. The van der Waals surface area contributed by atoms with Crippen molar-refractivity contribution >= 4 is 5.82 Å². The van der Waals surface area contributed by atoms with Crippen LogP contribution in [0.1, 0.15) is 11.1 Å². The molecule has 0 aliphatic heterocycles. The Balaban J connectivity index is 2.30. The van der Waals surface area contributed by atoms with Gasteiger partial charge < -0.3 is 9.80 Å². The van der Waals surface area contributed by atoms with Crippen LogP contribution < -0.4 is 4.90 Å². The molecule has 1 heterocycles. The fourth-order valence-corrected chi connectivity index (χ4v) is 2.15. The van der Waals surface area contributed by atoms with Crippen LogP contribution in [0.4, 0.5) is 5.82 Å². The van der Waals surface area contributed by atoms with Gasteiger partial charge in [0.1, 0.15) is 5.82 Å². The second-order valence-corrected chi connectivity index (χ2v) is 5.53. The van der Waals surface area contributed by atoms with Gasteiger partial charge in [0.05, 0.1) is 0 Å². The van der Waals surface area contributed by atoms with E-state index in [0.29, 0.717) is 0 Å². The quantitative estimate of drug-likeness (QED) is 0.855. The third-order valence-electron chi connectivity index (χ3n) is 3.08. The highest BCUT2D eigenvalue weighted by molar-refractivity contribution is 5.59. The van der Waals surface area contributed by atoms with Crippen molar-refractivity contribution in [2.75, 3.05) is 33.1 Å². The maximum atomic E-state index is 4.64. The predicted molar refractivity (Wildman–Crippen MR) is 83.9 cm³/mol. The molecule has 0 unspecified atom stereocenters. The minimum absolute atomic E-state index is 0.774. The molecule has 1 aromatic carbocycles. The normalized spacial score (nSPS) is 10.9. The minimum Gasteiger partial charge on any atom is -0.362 e. The number of benzene rings is 1. The van der Waals surface area contributed by atoms with Gasteiger partial charge in [-0.05, 0) is 26.6 Å². The summed E-state index contributed by atoms with van der Waals surface area (Å²) in [6.45, 7) is 2.97. The molecule has 1 aromatic heterocycles. The molecule has 0 radical (unpaired) electrons. The number of anilines is 1. The second kappa shape index (κ2) is 6.01. The van der Waals surface area contributed by atoms with Crippen molar-refractivity contribution in [3.05, 3.63) is 41.6 Å². The van der Waals surface area contributed by atoms with Crippen molar-refractivity contribution in [3.63, 3.8) is 0 Å². The van der Waals surface area contributed by atoms with E-state index in [1.54, 1.807) is 0 Å². The van der Waals surface area contributed by atoms with Crippen LogP contribution in [0.2, 0.25) is 0 Å². The van der Waals surface area contributed by atoms with E-state index < -0.39 is 0 Å². The highest BCUT2D eigenvalue weighted by atomic mass is 15.1. The zero-order valence-corrected chi connectivity index (χ0v) is 12.9. The van der Waals surface area contributed by atoms with E-state index in [0.717, 1.165) is 29.3 Å². The molecule has 4 nitrogen and oxygen atoms in total. The summed E-state index contributed by atoms with van der Waals surface area (Å²) in [5, 5.41) is 0. The summed E-state index contributed by atoms with van der Waals surface area (Å²) in [4.78, 5) is 13.2. The van der Waals surface area contributed by atoms with Gasteiger partial charge >= 0.3 is 0 Å². The lowest BCUT2D eigenvalue weighted by Crippen LogP contribution is -2.13. The molecule has 2 rings (SSSR count). The molecule has 4 heteroatoms. The molecular weight excluding hydrogens is 248 g/mol. The summed E-state index contributed by atoms with van der Waals surface area (Å²) in [5.74, 6) is 1.74. The van der Waals surface area contributed by atoms with E-state index in [1.807, 2.05) is 32.1 Å². The Labute approximate surface area is 121 Å². The first-order valence-corrected chi connectivity index (χ1v) is 6.72. The smallest absolute Gasteiger partial charge is 0.161 e. The highest BCUT2D eigenvalue weighted by Crippen LogP contribution is 2.21. The molecule has 0 saturated carbocycles. The molecular formula is C16H22N4. The molecule has 0 spiro atoms. The molecule has 2 aromatic rings. The lowest BCUT2D eigenvalue weighted by atomic mass is 10.1. The Morgan fingerprint density at radius 3 is 2.20 bits per heavy atom. The van der Waals surface area contributed by atoms with Gasteiger partial charge in [0.15, 0.2) is 5.82 Å². The molecule has 0 amide bonds. The van der Waals surface area contributed by atoms with Crippen molar-refractivity contribution in [2.24, 2.45) is 0 Å². The third kappa shape index (κ3) is 3.33. The zero-order chi connectivity index (χ0) is 14.7. The van der Waals surface area contributed by atoms with Gasteiger partial charge in [0.25, 0.3) is 0 Å². The maximum Gasteiger partial charge on any atom is 0.161 e. The molecule has 0 fully saturated rings.